The number of carbonyl (C=O) groups is 1. The molecule has 6 rings (SSSR count). The number of benzene rings is 1. The molecule has 34 heavy (non-hydrogen) atoms. The first-order valence-electron chi connectivity index (χ1n) is 10.9. The second-order valence-electron chi connectivity index (χ2n) is 8.91. The Labute approximate surface area is 204 Å². The maximum Gasteiger partial charge on any atom is 0.293 e. The van der Waals surface area contributed by atoms with E-state index < -0.39 is 11.9 Å². The molecular formula is C23H19Cl2FN6O2. The van der Waals surface area contributed by atoms with Gasteiger partial charge in [0.05, 0.1) is 28.1 Å². The molecule has 0 radical (unpaired) electrons. The highest BCUT2D eigenvalue weighted by molar-refractivity contribution is 6.45. The molecule has 2 fully saturated rings. The van der Waals surface area contributed by atoms with Crippen LogP contribution >= 0.6 is 23.2 Å². The molecule has 0 unspecified atom stereocenters. The van der Waals surface area contributed by atoms with Crippen LogP contribution in [0.4, 0.5) is 4.39 Å². The third kappa shape index (κ3) is 3.25. The van der Waals surface area contributed by atoms with Gasteiger partial charge in [-0.1, -0.05) is 23.2 Å². The molecule has 1 spiro atoms. The lowest BCUT2D eigenvalue weighted by molar-refractivity contribution is -0.000482. The van der Waals surface area contributed by atoms with Crippen LogP contribution in [0.5, 0.6) is 0 Å². The van der Waals surface area contributed by atoms with Crippen LogP contribution in [0.1, 0.15) is 47.1 Å². The highest BCUT2D eigenvalue weighted by Crippen LogP contribution is 2.40. The Morgan fingerprint density at radius 2 is 2.09 bits per heavy atom. The topological polar surface area (TPSA) is 85.5 Å². The van der Waals surface area contributed by atoms with Gasteiger partial charge >= 0.3 is 0 Å². The molecule has 0 N–H and O–H groups in total. The van der Waals surface area contributed by atoms with Crippen LogP contribution in [0, 0.1) is 11.2 Å². The zero-order chi connectivity index (χ0) is 23.6. The molecule has 1 amide bonds. The highest BCUT2D eigenvalue weighted by Gasteiger charge is 2.48. The lowest BCUT2D eigenvalue weighted by atomic mass is 9.79. The van der Waals surface area contributed by atoms with E-state index in [0.717, 1.165) is 13.0 Å². The lowest BCUT2D eigenvalue weighted by Crippen LogP contribution is -2.59. The van der Waals surface area contributed by atoms with Gasteiger partial charge in [0.15, 0.2) is 11.6 Å². The fourth-order valence-electron chi connectivity index (χ4n) is 4.81. The summed E-state index contributed by atoms with van der Waals surface area (Å²) in [6.07, 6.45) is 2.44. The number of rotatable bonds is 2. The van der Waals surface area contributed by atoms with Crippen LogP contribution in [-0.2, 0) is 4.74 Å². The van der Waals surface area contributed by atoms with E-state index in [1.165, 1.54) is 18.3 Å². The van der Waals surface area contributed by atoms with Crippen molar-refractivity contribution in [3.8, 4) is 5.69 Å². The van der Waals surface area contributed by atoms with Gasteiger partial charge in [0.25, 0.3) is 5.91 Å². The van der Waals surface area contributed by atoms with Crippen molar-refractivity contribution in [2.45, 2.75) is 19.4 Å². The molecule has 11 heteroatoms. The number of aliphatic imine (C=N–C) groups is 1. The second kappa shape index (κ2) is 7.83. The number of nitrogens with zero attached hydrogens (tertiary/aromatic N) is 6. The molecule has 3 aromatic rings. The molecule has 2 aromatic heterocycles. The van der Waals surface area contributed by atoms with Crippen molar-refractivity contribution < 1.29 is 13.9 Å². The monoisotopic (exact) mass is 500 g/mol. The zero-order valence-electron chi connectivity index (χ0n) is 18.1. The lowest BCUT2D eigenvalue weighted by Gasteiger charge is -2.46. The number of likely N-dealkylation sites (tertiary alicyclic amines) is 1. The van der Waals surface area contributed by atoms with Crippen molar-refractivity contribution in [2.75, 3.05) is 26.3 Å². The average molecular weight is 501 g/mol. The van der Waals surface area contributed by atoms with Gasteiger partial charge in [-0.15, -0.1) is 5.10 Å². The summed E-state index contributed by atoms with van der Waals surface area (Å²) >= 11 is 12.9. The molecule has 0 aliphatic carbocycles. The van der Waals surface area contributed by atoms with Gasteiger partial charge in [-0.05, 0) is 37.6 Å². The summed E-state index contributed by atoms with van der Waals surface area (Å²) in [5, 5.41) is 5.01. The summed E-state index contributed by atoms with van der Waals surface area (Å²) in [6.45, 7) is 4.46. The third-order valence-corrected chi connectivity index (χ3v) is 7.37. The van der Waals surface area contributed by atoms with Gasteiger partial charge in [-0.2, -0.15) is 0 Å². The van der Waals surface area contributed by atoms with Crippen molar-refractivity contribution in [1.29, 1.82) is 0 Å². The minimum absolute atomic E-state index is 0.0477. The van der Waals surface area contributed by atoms with Crippen molar-refractivity contribution in [3.05, 3.63) is 69.2 Å². The Morgan fingerprint density at radius 1 is 1.26 bits per heavy atom. The van der Waals surface area contributed by atoms with Gasteiger partial charge in [0.1, 0.15) is 11.7 Å². The quantitative estimate of drug-likeness (QED) is 0.532. The number of fused-ring (bicyclic) bond motifs is 3. The van der Waals surface area contributed by atoms with E-state index in [-0.39, 0.29) is 38.6 Å². The highest BCUT2D eigenvalue weighted by atomic mass is 35.5. The van der Waals surface area contributed by atoms with Crippen molar-refractivity contribution in [2.24, 2.45) is 10.4 Å². The number of carbonyl (C=O) groups excluding carboxylic acids is 1. The van der Waals surface area contributed by atoms with E-state index >= 15 is 0 Å². The molecule has 5 heterocycles. The zero-order valence-corrected chi connectivity index (χ0v) is 19.6. The molecule has 1 aromatic carbocycles. The Bertz CT molecular complexity index is 1360. The average Bonchev–Trinajstić information content (AvgIpc) is 3.44. The van der Waals surface area contributed by atoms with Crippen LogP contribution in [0.15, 0.2) is 35.5 Å². The summed E-state index contributed by atoms with van der Waals surface area (Å²) in [6, 6.07) is 5.58. The Balaban J connectivity index is 1.44. The van der Waals surface area contributed by atoms with E-state index in [0.29, 0.717) is 36.8 Å². The largest absolute Gasteiger partial charge is 0.381 e. The fourth-order valence-corrected chi connectivity index (χ4v) is 5.21. The first kappa shape index (κ1) is 21.6. The standard InChI is InChI=1S/C23H19Cl2FN6O2/c1-12-21-29-20(22(33)31-9-23(10-31)6-8-34-11-23)30-32(21)15-5-4-13(24)17(25)16(15)19(28-12)18-14(26)3-2-7-27-18/h2-5,7,12H,6,8-11H2,1H3/t12-/m0/s1. The molecule has 2 saturated heterocycles. The van der Waals surface area contributed by atoms with Crippen LogP contribution < -0.4 is 0 Å². The van der Waals surface area contributed by atoms with Crippen molar-refractivity contribution in [1.82, 2.24) is 24.6 Å². The predicted molar refractivity (Wildman–Crippen MR) is 123 cm³/mol. The van der Waals surface area contributed by atoms with E-state index in [1.807, 2.05) is 0 Å². The normalized spacial score (nSPS) is 20.4. The van der Waals surface area contributed by atoms with Gasteiger partial charge in [-0.3, -0.25) is 14.8 Å². The summed E-state index contributed by atoms with van der Waals surface area (Å²) < 4.78 is 21.8. The second-order valence-corrected chi connectivity index (χ2v) is 9.70. The number of hydrogen-bond acceptors (Lipinski definition) is 6. The fraction of sp³-hybridized carbons (Fsp3) is 0.348. The number of pyridine rings is 1. The SMILES string of the molecule is C[C@@H]1N=C(c2ncccc2F)c2c(ccc(Cl)c2Cl)-n2nc(C(=O)N3CC4(CCOC4)C3)nc21. The molecular weight excluding hydrogens is 482 g/mol. The maximum absolute atomic E-state index is 14.7. The minimum atomic E-state index is -0.557. The molecule has 3 aliphatic rings. The van der Waals surface area contributed by atoms with Crippen molar-refractivity contribution >= 4 is 34.8 Å². The molecule has 0 bridgehead atoms. The number of ether oxygens (including phenoxy) is 1. The number of hydrogen-bond donors (Lipinski definition) is 0. The van der Waals surface area contributed by atoms with E-state index in [4.69, 9.17) is 32.9 Å². The Morgan fingerprint density at radius 3 is 2.82 bits per heavy atom. The van der Waals surface area contributed by atoms with E-state index in [9.17, 15) is 9.18 Å². The number of halogens is 3. The van der Waals surface area contributed by atoms with E-state index in [1.54, 1.807) is 28.6 Å². The summed E-state index contributed by atoms with van der Waals surface area (Å²) in [7, 11) is 0. The Hall–Kier alpha value is -2.88. The molecule has 1 atom stereocenters. The minimum Gasteiger partial charge on any atom is -0.381 e. The summed E-state index contributed by atoms with van der Waals surface area (Å²) in [5.41, 5.74) is 1.23. The summed E-state index contributed by atoms with van der Waals surface area (Å²) in [4.78, 5) is 28.3. The number of amides is 1. The predicted octanol–water partition coefficient (Wildman–Crippen LogP) is 3.88. The molecule has 3 aliphatic heterocycles. The first-order chi connectivity index (χ1) is 16.4. The molecule has 174 valence electrons. The van der Waals surface area contributed by atoms with Crippen LogP contribution in [0.3, 0.4) is 0 Å². The summed E-state index contributed by atoms with van der Waals surface area (Å²) in [5.74, 6) is -0.266. The Kier molecular flexibility index (Phi) is 4.98. The van der Waals surface area contributed by atoms with Crippen LogP contribution in [-0.4, -0.2) is 62.6 Å². The molecule has 0 saturated carbocycles. The van der Waals surface area contributed by atoms with Gasteiger partial charge in [-0.25, -0.2) is 14.1 Å². The van der Waals surface area contributed by atoms with Gasteiger partial charge < -0.3 is 9.64 Å². The first-order valence-corrected chi connectivity index (χ1v) is 11.6. The molecule has 8 nitrogen and oxygen atoms in total. The van der Waals surface area contributed by atoms with Gasteiger partial charge in [0, 0.05) is 36.9 Å². The third-order valence-electron chi connectivity index (χ3n) is 6.57. The van der Waals surface area contributed by atoms with Gasteiger partial charge in [0.2, 0.25) is 5.82 Å². The van der Waals surface area contributed by atoms with Crippen LogP contribution in [0.25, 0.3) is 5.69 Å². The smallest absolute Gasteiger partial charge is 0.293 e. The van der Waals surface area contributed by atoms with Crippen LogP contribution in [0.2, 0.25) is 10.0 Å². The maximum atomic E-state index is 14.7. The number of aromatic nitrogens is 4. The van der Waals surface area contributed by atoms with E-state index in [2.05, 4.69) is 15.1 Å². The van der Waals surface area contributed by atoms with Crippen molar-refractivity contribution in [3.63, 3.8) is 0 Å².